The lowest BCUT2D eigenvalue weighted by molar-refractivity contribution is 0.411. The topological polar surface area (TPSA) is 59.6 Å². The quantitative estimate of drug-likeness (QED) is 0.404. The molecule has 3 N–H and O–H groups in total. The van der Waals surface area contributed by atoms with Gasteiger partial charge in [-0.05, 0) is 54.7 Å². The first kappa shape index (κ1) is 20.3. The summed E-state index contributed by atoms with van der Waals surface area (Å²) in [5, 5.41) is 3.14. The monoisotopic (exact) mass is 439 g/mol. The molecular formula is C19H26IN3O. The van der Waals surface area contributed by atoms with Gasteiger partial charge in [-0.25, -0.2) is 0 Å². The van der Waals surface area contributed by atoms with Gasteiger partial charge >= 0.3 is 0 Å². The zero-order chi connectivity index (χ0) is 16.7. The van der Waals surface area contributed by atoms with Crippen molar-refractivity contribution in [1.29, 1.82) is 0 Å². The van der Waals surface area contributed by atoms with Crippen molar-refractivity contribution in [2.24, 2.45) is 10.7 Å². The average Bonchev–Trinajstić information content (AvgIpc) is 2.56. The highest BCUT2D eigenvalue weighted by Gasteiger charge is 2.01. The van der Waals surface area contributed by atoms with Gasteiger partial charge in [-0.2, -0.15) is 0 Å². The number of aryl methyl sites for hydroxylation is 2. The highest BCUT2D eigenvalue weighted by Crippen LogP contribution is 2.19. The molecule has 0 unspecified atom stereocenters. The van der Waals surface area contributed by atoms with E-state index in [4.69, 9.17) is 10.5 Å². The molecule has 4 nitrogen and oxygen atoms in total. The van der Waals surface area contributed by atoms with Crippen LogP contribution in [-0.4, -0.2) is 19.6 Å². The molecule has 24 heavy (non-hydrogen) atoms. The van der Waals surface area contributed by atoms with Gasteiger partial charge in [0.15, 0.2) is 5.96 Å². The first-order valence-corrected chi connectivity index (χ1v) is 7.91. The van der Waals surface area contributed by atoms with E-state index in [0.717, 1.165) is 29.8 Å². The summed E-state index contributed by atoms with van der Waals surface area (Å²) in [6.07, 6.45) is 1.83. The molecule has 0 aliphatic heterocycles. The minimum atomic E-state index is 0. The number of nitrogens with one attached hydrogen (secondary N) is 1. The van der Waals surface area contributed by atoms with Crippen LogP contribution in [0.25, 0.3) is 0 Å². The van der Waals surface area contributed by atoms with E-state index in [1.807, 2.05) is 19.1 Å². The third-order valence-electron chi connectivity index (χ3n) is 3.76. The Bertz CT molecular complexity index is 686. The van der Waals surface area contributed by atoms with Crippen molar-refractivity contribution in [2.75, 3.05) is 19.0 Å². The van der Waals surface area contributed by atoms with Gasteiger partial charge in [0.2, 0.25) is 0 Å². The molecule has 0 atom stereocenters. The average molecular weight is 439 g/mol. The predicted molar refractivity (Wildman–Crippen MR) is 113 cm³/mol. The number of methoxy groups -OCH3 is 1. The fraction of sp³-hybridized carbons (Fsp3) is 0.316. The SMILES string of the molecule is CCc1cccc(NC(N)=NCCc2ccc(C)c(OC)c2)c1.I. The minimum Gasteiger partial charge on any atom is -0.496 e. The Morgan fingerprint density at radius 1 is 1.17 bits per heavy atom. The van der Waals surface area contributed by atoms with Crippen LogP contribution in [0.5, 0.6) is 5.75 Å². The highest BCUT2D eigenvalue weighted by atomic mass is 127. The molecule has 130 valence electrons. The second kappa shape index (κ2) is 10.2. The summed E-state index contributed by atoms with van der Waals surface area (Å²) in [6.45, 7) is 4.80. The zero-order valence-corrected chi connectivity index (χ0v) is 16.8. The van der Waals surface area contributed by atoms with Crippen LogP contribution in [0, 0.1) is 6.92 Å². The Hall–Kier alpha value is -1.76. The standard InChI is InChI=1S/C19H25N3O.HI/c1-4-15-6-5-7-17(12-15)22-19(20)21-11-10-16-9-8-14(2)18(13-16)23-3;/h5-9,12-13H,4,10-11H2,1-3H3,(H3,20,21,22);1H. The molecule has 0 saturated heterocycles. The lowest BCUT2D eigenvalue weighted by Crippen LogP contribution is -2.23. The van der Waals surface area contributed by atoms with Gasteiger partial charge in [0.25, 0.3) is 0 Å². The molecule has 2 aromatic carbocycles. The second-order valence-electron chi connectivity index (χ2n) is 5.50. The minimum absolute atomic E-state index is 0. The zero-order valence-electron chi connectivity index (χ0n) is 14.5. The maximum absolute atomic E-state index is 5.96. The molecule has 0 radical (unpaired) electrons. The van der Waals surface area contributed by atoms with E-state index in [0.29, 0.717) is 12.5 Å². The number of hydrogen-bond acceptors (Lipinski definition) is 2. The normalized spacial score (nSPS) is 10.9. The van der Waals surface area contributed by atoms with Gasteiger partial charge in [-0.1, -0.05) is 31.2 Å². The van der Waals surface area contributed by atoms with Gasteiger partial charge in [-0.3, -0.25) is 4.99 Å². The molecule has 2 rings (SSSR count). The van der Waals surface area contributed by atoms with E-state index in [9.17, 15) is 0 Å². The summed E-state index contributed by atoms with van der Waals surface area (Å²) < 4.78 is 5.34. The lowest BCUT2D eigenvalue weighted by atomic mass is 10.1. The number of hydrogen-bond donors (Lipinski definition) is 2. The molecule has 0 saturated carbocycles. The largest absolute Gasteiger partial charge is 0.496 e. The van der Waals surface area contributed by atoms with Crippen LogP contribution in [0.15, 0.2) is 47.5 Å². The van der Waals surface area contributed by atoms with Gasteiger partial charge < -0.3 is 15.8 Å². The smallest absolute Gasteiger partial charge is 0.193 e. The van der Waals surface area contributed by atoms with E-state index >= 15 is 0 Å². The molecule has 0 fully saturated rings. The summed E-state index contributed by atoms with van der Waals surface area (Å²) in [4.78, 5) is 4.39. The summed E-state index contributed by atoms with van der Waals surface area (Å²) in [5.41, 5.74) is 10.5. The van der Waals surface area contributed by atoms with E-state index in [2.05, 4.69) is 47.6 Å². The van der Waals surface area contributed by atoms with Gasteiger partial charge in [0.1, 0.15) is 5.75 Å². The van der Waals surface area contributed by atoms with Crippen LogP contribution >= 0.6 is 24.0 Å². The van der Waals surface area contributed by atoms with Gasteiger partial charge in [-0.15, -0.1) is 24.0 Å². The molecular weight excluding hydrogens is 413 g/mol. The number of anilines is 1. The number of nitrogens with zero attached hydrogens (tertiary/aromatic N) is 1. The molecule has 2 aromatic rings. The van der Waals surface area contributed by atoms with Crippen LogP contribution in [0.2, 0.25) is 0 Å². The number of aliphatic imine (C=N–C) groups is 1. The van der Waals surface area contributed by atoms with Crippen molar-refractivity contribution >= 4 is 35.6 Å². The number of guanidine groups is 1. The molecule has 0 heterocycles. The van der Waals surface area contributed by atoms with Crippen molar-refractivity contribution in [3.05, 3.63) is 59.2 Å². The fourth-order valence-electron chi connectivity index (χ4n) is 2.38. The number of rotatable bonds is 6. The maximum Gasteiger partial charge on any atom is 0.193 e. The molecule has 0 amide bonds. The second-order valence-corrected chi connectivity index (χ2v) is 5.50. The van der Waals surface area contributed by atoms with Crippen molar-refractivity contribution in [1.82, 2.24) is 0 Å². The molecule has 0 bridgehead atoms. The Morgan fingerprint density at radius 2 is 1.96 bits per heavy atom. The van der Waals surface area contributed by atoms with Crippen molar-refractivity contribution in [3.8, 4) is 5.75 Å². The van der Waals surface area contributed by atoms with Crippen LogP contribution in [0.3, 0.4) is 0 Å². The molecule has 0 aliphatic carbocycles. The molecule has 0 aliphatic rings. The van der Waals surface area contributed by atoms with Crippen LogP contribution in [-0.2, 0) is 12.8 Å². The van der Waals surface area contributed by atoms with E-state index in [-0.39, 0.29) is 24.0 Å². The first-order valence-electron chi connectivity index (χ1n) is 7.91. The van der Waals surface area contributed by atoms with E-state index < -0.39 is 0 Å². The van der Waals surface area contributed by atoms with Crippen molar-refractivity contribution < 1.29 is 4.74 Å². The Morgan fingerprint density at radius 3 is 2.67 bits per heavy atom. The lowest BCUT2D eigenvalue weighted by Gasteiger charge is -2.08. The Labute approximate surface area is 161 Å². The third kappa shape index (κ3) is 6.03. The molecule has 0 aromatic heterocycles. The van der Waals surface area contributed by atoms with Crippen LogP contribution in [0.4, 0.5) is 5.69 Å². The van der Waals surface area contributed by atoms with Crippen LogP contribution < -0.4 is 15.8 Å². The summed E-state index contributed by atoms with van der Waals surface area (Å²) in [7, 11) is 1.69. The highest BCUT2D eigenvalue weighted by molar-refractivity contribution is 14.0. The number of nitrogens with two attached hydrogens (primary N) is 1. The molecule has 0 spiro atoms. The van der Waals surface area contributed by atoms with Gasteiger partial charge in [0, 0.05) is 12.2 Å². The van der Waals surface area contributed by atoms with Crippen molar-refractivity contribution in [2.45, 2.75) is 26.7 Å². The number of ether oxygens (including phenoxy) is 1. The number of benzene rings is 2. The van der Waals surface area contributed by atoms with E-state index in [1.54, 1.807) is 7.11 Å². The Kier molecular flexibility index (Phi) is 8.60. The molecule has 5 heteroatoms. The summed E-state index contributed by atoms with van der Waals surface area (Å²) in [6, 6.07) is 14.4. The third-order valence-corrected chi connectivity index (χ3v) is 3.76. The predicted octanol–water partition coefficient (Wildman–Crippen LogP) is 4.15. The number of halogens is 1. The summed E-state index contributed by atoms with van der Waals surface area (Å²) in [5.74, 6) is 1.35. The Balaban J connectivity index is 0.00000288. The fourth-order valence-corrected chi connectivity index (χ4v) is 2.38. The van der Waals surface area contributed by atoms with Gasteiger partial charge in [0.05, 0.1) is 7.11 Å². The van der Waals surface area contributed by atoms with Crippen LogP contribution in [0.1, 0.15) is 23.6 Å². The maximum atomic E-state index is 5.96. The first-order chi connectivity index (χ1) is 11.1. The summed E-state index contributed by atoms with van der Waals surface area (Å²) >= 11 is 0. The van der Waals surface area contributed by atoms with E-state index in [1.165, 1.54) is 11.1 Å². The van der Waals surface area contributed by atoms with Crippen molar-refractivity contribution in [3.63, 3.8) is 0 Å².